The van der Waals surface area contributed by atoms with Crippen LogP contribution in [-0.4, -0.2) is 62.7 Å². The Labute approximate surface area is 124 Å². The lowest BCUT2D eigenvalue weighted by Crippen LogP contribution is -2.37. The molecule has 5 nitrogen and oxygen atoms in total. The second-order valence-corrected chi connectivity index (χ2v) is 6.43. The van der Waals surface area contributed by atoms with Gasteiger partial charge in [-0.2, -0.15) is 0 Å². The van der Waals surface area contributed by atoms with E-state index in [1.807, 2.05) is 4.90 Å². The van der Waals surface area contributed by atoms with Gasteiger partial charge in [-0.05, 0) is 26.1 Å². The molecule has 0 aliphatic carbocycles. The standard InChI is InChI=1S/C14H23N3O2S/c1-11-4-5-12(20-11)14-15-10-13(18)17(14)7-6-16(2)8-9-19-3/h4-5,14-15H,6-10H2,1-3H3. The minimum Gasteiger partial charge on any atom is -0.383 e. The fourth-order valence-corrected chi connectivity index (χ4v) is 3.25. The number of amides is 1. The molecule has 0 spiro atoms. The van der Waals surface area contributed by atoms with E-state index in [2.05, 4.69) is 36.3 Å². The number of likely N-dealkylation sites (N-methyl/N-ethyl adjacent to an activating group) is 1. The van der Waals surface area contributed by atoms with Gasteiger partial charge in [0, 0.05) is 36.5 Å². The largest absolute Gasteiger partial charge is 0.383 e. The molecule has 6 heteroatoms. The molecule has 1 saturated heterocycles. The Morgan fingerprint density at radius 3 is 2.95 bits per heavy atom. The van der Waals surface area contributed by atoms with Crippen LogP contribution in [0.1, 0.15) is 15.9 Å². The molecule has 1 amide bonds. The van der Waals surface area contributed by atoms with Gasteiger partial charge in [-0.3, -0.25) is 10.1 Å². The molecule has 20 heavy (non-hydrogen) atoms. The fourth-order valence-electron chi connectivity index (χ4n) is 2.29. The van der Waals surface area contributed by atoms with Gasteiger partial charge in [-0.1, -0.05) is 0 Å². The maximum absolute atomic E-state index is 12.0. The van der Waals surface area contributed by atoms with Crippen molar-refractivity contribution < 1.29 is 9.53 Å². The van der Waals surface area contributed by atoms with E-state index in [1.54, 1.807) is 18.4 Å². The van der Waals surface area contributed by atoms with Crippen LogP contribution in [0.15, 0.2) is 12.1 Å². The zero-order valence-corrected chi connectivity index (χ0v) is 13.2. The Bertz CT molecular complexity index is 449. The minimum absolute atomic E-state index is 0.0389. The quantitative estimate of drug-likeness (QED) is 0.817. The molecule has 1 atom stereocenters. The van der Waals surface area contributed by atoms with Crippen LogP contribution >= 0.6 is 11.3 Å². The summed E-state index contributed by atoms with van der Waals surface area (Å²) in [5.74, 6) is 0.182. The third kappa shape index (κ3) is 3.79. The highest BCUT2D eigenvalue weighted by atomic mass is 32.1. The second kappa shape index (κ2) is 7.17. The molecule has 2 rings (SSSR count). The number of ether oxygens (including phenoxy) is 1. The van der Waals surface area contributed by atoms with Crippen LogP contribution in [-0.2, 0) is 9.53 Å². The van der Waals surface area contributed by atoms with Crippen LogP contribution in [0, 0.1) is 6.92 Å². The first-order valence-corrected chi connectivity index (χ1v) is 7.70. The number of hydrogen-bond acceptors (Lipinski definition) is 5. The monoisotopic (exact) mass is 297 g/mol. The molecule has 1 fully saturated rings. The lowest BCUT2D eigenvalue weighted by molar-refractivity contribution is -0.128. The zero-order chi connectivity index (χ0) is 14.5. The smallest absolute Gasteiger partial charge is 0.238 e. The van der Waals surface area contributed by atoms with E-state index in [0.717, 1.165) is 26.2 Å². The predicted molar refractivity (Wildman–Crippen MR) is 80.9 cm³/mol. The Kier molecular flexibility index (Phi) is 5.54. The van der Waals surface area contributed by atoms with Crippen molar-refractivity contribution in [1.29, 1.82) is 0 Å². The summed E-state index contributed by atoms with van der Waals surface area (Å²) < 4.78 is 5.07. The molecule has 0 aromatic carbocycles. The lowest BCUT2D eigenvalue weighted by atomic mass is 10.3. The number of nitrogens with one attached hydrogen (secondary N) is 1. The maximum Gasteiger partial charge on any atom is 0.238 e. The van der Waals surface area contributed by atoms with Crippen LogP contribution in [0.2, 0.25) is 0 Å². The van der Waals surface area contributed by atoms with Crippen molar-refractivity contribution >= 4 is 17.2 Å². The number of nitrogens with zero attached hydrogens (tertiary/aromatic N) is 2. The van der Waals surface area contributed by atoms with Crippen LogP contribution in [0.5, 0.6) is 0 Å². The molecule has 1 aliphatic heterocycles. The van der Waals surface area contributed by atoms with E-state index in [-0.39, 0.29) is 12.1 Å². The highest BCUT2D eigenvalue weighted by molar-refractivity contribution is 7.12. The summed E-state index contributed by atoms with van der Waals surface area (Å²) in [5, 5.41) is 3.30. The molecular weight excluding hydrogens is 274 g/mol. The molecule has 0 bridgehead atoms. The number of carbonyl (C=O) groups is 1. The van der Waals surface area contributed by atoms with E-state index in [9.17, 15) is 4.79 Å². The summed E-state index contributed by atoms with van der Waals surface area (Å²) in [6.07, 6.45) is 0.0389. The van der Waals surface area contributed by atoms with Crippen LogP contribution in [0.25, 0.3) is 0 Å². The molecule has 0 saturated carbocycles. The number of rotatable bonds is 7. The second-order valence-electron chi connectivity index (χ2n) is 5.12. The highest BCUT2D eigenvalue weighted by Gasteiger charge is 2.32. The summed E-state index contributed by atoms with van der Waals surface area (Å²) in [7, 11) is 3.76. The summed E-state index contributed by atoms with van der Waals surface area (Å²) in [4.78, 5) is 18.6. The predicted octanol–water partition coefficient (Wildman–Crippen LogP) is 1.07. The van der Waals surface area contributed by atoms with Crippen LogP contribution in [0.4, 0.5) is 0 Å². The Balaban J connectivity index is 1.92. The summed E-state index contributed by atoms with van der Waals surface area (Å²) in [5.41, 5.74) is 0. The SMILES string of the molecule is COCCN(C)CCN1C(=O)CNC1c1ccc(C)s1. The van der Waals surface area contributed by atoms with Crippen LogP contribution in [0.3, 0.4) is 0 Å². The van der Waals surface area contributed by atoms with Gasteiger partial charge in [0.25, 0.3) is 0 Å². The third-order valence-electron chi connectivity index (χ3n) is 3.51. The summed E-state index contributed by atoms with van der Waals surface area (Å²) >= 11 is 1.75. The first-order chi connectivity index (χ1) is 9.61. The van der Waals surface area contributed by atoms with Gasteiger partial charge in [0.2, 0.25) is 5.91 Å². The van der Waals surface area contributed by atoms with Gasteiger partial charge in [-0.15, -0.1) is 11.3 Å². The number of aryl methyl sites for hydroxylation is 1. The average molecular weight is 297 g/mol. The number of hydrogen-bond donors (Lipinski definition) is 1. The molecular formula is C14H23N3O2S. The van der Waals surface area contributed by atoms with E-state index in [0.29, 0.717) is 6.54 Å². The zero-order valence-electron chi connectivity index (χ0n) is 12.4. The highest BCUT2D eigenvalue weighted by Crippen LogP contribution is 2.28. The van der Waals surface area contributed by atoms with E-state index >= 15 is 0 Å². The first-order valence-electron chi connectivity index (χ1n) is 6.88. The van der Waals surface area contributed by atoms with E-state index < -0.39 is 0 Å². The molecule has 2 heterocycles. The Morgan fingerprint density at radius 1 is 1.50 bits per heavy atom. The number of carbonyl (C=O) groups excluding carboxylic acids is 1. The number of methoxy groups -OCH3 is 1. The van der Waals surface area contributed by atoms with E-state index in [1.165, 1.54) is 9.75 Å². The van der Waals surface area contributed by atoms with Gasteiger partial charge < -0.3 is 14.5 Å². The van der Waals surface area contributed by atoms with Crippen molar-refractivity contribution in [3.63, 3.8) is 0 Å². The van der Waals surface area contributed by atoms with Gasteiger partial charge >= 0.3 is 0 Å². The first kappa shape index (κ1) is 15.4. The molecule has 1 unspecified atom stereocenters. The molecule has 112 valence electrons. The van der Waals surface area contributed by atoms with Crippen molar-refractivity contribution in [3.05, 3.63) is 21.9 Å². The van der Waals surface area contributed by atoms with E-state index in [4.69, 9.17) is 4.74 Å². The normalized spacial score (nSPS) is 19.3. The summed E-state index contributed by atoms with van der Waals surface area (Å²) in [6.45, 7) is 5.73. The molecule has 1 aromatic heterocycles. The molecule has 1 aliphatic rings. The minimum atomic E-state index is 0.0389. The van der Waals surface area contributed by atoms with Gasteiger partial charge in [0.1, 0.15) is 6.17 Å². The maximum atomic E-state index is 12.0. The van der Waals surface area contributed by atoms with Crippen molar-refractivity contribution in [2.45, 2.75) is 13.1 Å². The van der Waals surface area contributed by atoms with Crippen molar-refractivity contribution in [2.75, 3.05) is 46.9 Å². The van der Waals surface area contributed by atoms with Crippen LogP contribution < -0.4 is 5.32 Å². The Morgan fingerprint density at radius 2 is 2.30 bits per heavy atom. The number of thiophene rings is 1. The topological polar surface area (TPSA) is 44.8 Å². The van der Waals surface area contributed by atoms with Gasteiger partial charge in [0.05, 0.1) is 13.2 Å². The van der Waals surface area contributed by atoms with Crippen molar-refractivity contribution in [3.8, 4) is 0 Å². The van der Waals surface area contributed by atoms with Crippen molar-refractivity contribution in [2.24, 2.45) is 0 Å². The van der Waals surface area contributed by atoms with Crippen molar-refractivity contribution in [1.82, 2.24) is 15.1 Å². The Hall–Kier alpha value is -0.950. The average Bonchev–Trinajstić information content (AvgIpc) is 3.00. The summed E-state index contributed by atoms with van der Waals surface area (Å²) in [6, 6.07) is 4.21. The van der Waals surface area contributed by atoms with Gasteiger partial charge in [0.15, 0.2) is 0 Å². The molecule has 1 aromatic rings. The van der Waals surface area contributed by atoms with Gasteiger partial charge in [-0.25, -0.2) is 0 Å². The molecule has 1 N–H and O–H groups in total. The third-order valence-corrected chi connectivity index (χ3v) is 4.56. The molecule has 0 radical (unpaired) electrons. The lowest BCUT2D eigenvalue weighted by Gasteiger charge is -2.26. The fraction of sp³-hybridized carbons (Fsp3) is 0.643.